The second-order valence-corrected chi connectivity index (χ2v) is 5.67. The van der Waals surface area contributed by atoms with E-state index in [-0.39, 0.29) is 0 Å². The van der Waals surface area contributed by atoms with E-state index in [2.05, 4.69) is 51.8 Å². The second-order valence-electron chi connectivity index (χ2n) is 5.67. The van der Waals surface area contributed by atoms with Crippen molar-refractivity contribution in [2.45, 2.75) is 32.4 Å². The van der Waals surface area contributed by atoms with E-state index in [4.69, 9.17) is 4.74 Å². The van der Waals surface area contributed by atoms with Gasteiger partial charge < -0.3 is 15.4 Å². The smallest absolute Gasteiger partial charge is 0.213 e. The highest BCUT2D eigenvalue weighted by atomic mass is 16.5. The third-order valence-corrected chi connectivity index (χ3v) is 3.74. The summed E-state index contributed by atoms with van der Waals surface area (Å²) in [6, 6.07) is 16.6. The Labute approximate surface area is 144 Å². The zero-order valence-electron chi connectivity index (χ0n) is 14.6. The summed E-state index contributed by atoms with van der Waals surface area (Å²) in [6.07, 6.45) is 2.09. The molecule has 1 heterocycles. The molecule has 24 heavy (non-hydrogen) atoms. The third-order valence-electron chi connectivity index (χ3n) is 3.74. The van der Waals surface area contributed by atoms with Crippen LogP contribution in [0.4, 0.5) is 0 Å². The topological polar surface area (TPSA) is 58.5 Å². The fourth-order valence-electron chi connectivity index (χ4n) is 2.37. The van der Waals surface area contributed by atoms with E-state index in [1.165, 1.54) is 5.56 Å². The summed E-state index contributed by atoms with van der Waals surface area (Å²) in [6.45, 7) is 2.77. The fraction of sp³-hybridized carbons (Fsp3) is 0.368. The van der Waals surface area contributed by atoms with Crippen LogP contribution in [0.1, 0.15) is 24.6 Å². The molecule has 1 aromatic heterocycles. The predicted molar refractivity (Wildman–Crippen MR) is 98.3 cm³/mol. The number of hydrogen-bond donors (Lipinski definition) is 2. The molecular weight excluding hydrogens is 300 g/mol. The Kier molecular flexibility index (Phi) is 7.08. The Balaban J connectivity index is 1.78. The molecule has 2 N–H and O–H groups in total. The molecule has 0 aliphatic heterocycles. The molecule has 0 amide bonds. The largest absolute Gasteiger partial charge is 0.481 e. The molecule has 0 fully saturated rings. The Morgan fingerprint density at radius 2 is 1.96 bits per heavy atom. The number of hydrogen-bond acceptors (Lipinski definition) is 3. The number of methoxy groups -OCH3 is 1. The van der Waals surface area contributed by atoms with Crippen LogP contribution >= 0.6 is 0 Å². The molecule has 1 aromatic carbocycles. The lowest BCUT2D eigenvalue weighted by molar-refractivity contribution is 0.396. The van der Waals surface area contributed by atoms with Crippen LogP contribution in [-0.4, -0.2) is 31.1 Å². The van der Waals surface area contributed by atoms with E-state index >= 15 is 0 Å². The van der Waals surface area contributed by atoms with Crippen LogP contribution < -0.4 is 15.4 Å². The van der Waals surface area contributed by atoms with Gasteiger partial charge in [-0.3, -0.25) is 4.99 Å². The Morgan fingerprint density at radius 1 is 1.17 bits per heavy atom. The van der Waals surface area contributed by atoms with Gasteiger partial charge in [0.15, 0.2) is 5.96 Å². The normalized spacial score (nSPS) is 12.5. The van der Waals surface area contributed by atoms with Gasteiger partial charge in [0.25, 0.3) is 0 Å². The fourth-order valence-corrected chi connectivity index (χ4v) is 2.37. The van der Waals surface area contributed by atoms with Gasteiger partial charge in [-0.1, -0.05) is 36.4 Å². The van der Waals surface area contributed by atoms with Crippen molar-refractivity contribution >= 4 is 5.96 Å². The van der Waals surface area contributed by atoms with Gasteiger partial charge in [-0.15, -0.1) is 0 Å². The molecule has 0 saturated heterocycles. The van der Waals surface area contributed by atoms with Crippen LogP contribution in [-0.2, 0) is 13.0 Å². The maximum absolute atomic E-state index is 5.14. The molecule has 0 aliphatic rings. The number of aromatic nitrogens is 1. The number of guanidine groups is 1. The van der Waals surface area contributed by atoms with Crippen molar-refractivity contribution in [3.05, 3.63) is 59.8 Å². The van der Waals surface area contributed by atoms with Gasteiger partial charge in [0.2, 0.25) is 5.88 Å². The van der Waals surface area contributed by atoms with E-state index < -0.39 is 0 Å². The summed E-state index contributed by atoms with van der Waals surface area (Å²) >= 11 is 0. The van der Waals surface area contributed by atoms with Crippen LogP contribution in [0.5, 0.6) is 5.88 Å². The summed E-state index contributed by atoms with van der Waals surface area (Å²) in [5, 5.41) is 6.70. The highest BCUT2D eigenvalue weighted by molar-refractivity contribution is 5.79. The highest BCUT2D eigenvalue weighted by Crippen LogP contribution is 2.07. The van der Waals surface area contributed by atoms with Crippen molar-refractivity contribution in [3.8, 4) is 5.88 Å². The first kappa shape index (κ1) is 17.8. The highest BCUT2D eigenvalue weighted by Gasteiger charge is 2.06. The number of nitrogens with one attached hydrogen (secondary N) is 2. The van der Waals surface area contributed by atoms with Crippen molar-refractivity contribution in [1.82, 2.24) is 15.6 Å². The summed E-state index contributed by atoms with van der Waals surface area (Å²) in [4.78, 5) is 8.66. The molecule has 0 bridgehead atoms. The average molecular weight is 326 g/mol. The average Bonchev–Trinajstić information content (AvgIpc) is 2.64. The van der Waals surface area contributed by atoms with Gasteiger partial charge in [0.1, 0.15) is 0 Å². The molecule has 128 valence electrons. The van der Waals surface area contributed by atoms with Crippen molar-refractivity contribution in [1.29, 1.82) is 0 Å². The van der Waals surface area contributed by atoms with Gasteiger partial charge in [0.05, 0.1) is 19.3 Å². The van der Waals surface area contributed by atoms with Gasteiger partial charge in [-0.05, 0) is 31.4 Å². The minimum absolute atomic E-state index is 0.328. The van der Waals surface area contributed by atoms with Crippen LogP contribution in [0.2, 0.25) is 0 Å². The van der Waals surface area contributed by atoms with E-state index in [1.54, 1.807) is 14.2 Å². The first-order chi connectivity index (χ1) is 11.7. The van der Waals surface area contributed by atoms with Gasteiger partial charge in [0, 0.05) is 19.2 Å². The lowest BCUT2D eigenvalue weighted by atomic mass is 10.1. The number of pyridine rings is 1. The van der Waals surface area contributed by atoms with Crippen molar-refractivity contribution in [2.24, 2.45) is 4.99 Å². The number of aryl methyl sites for hydroxylation is 1. The van der Waals surface area contributed by atoms with E-state index in [1.807, 2.05) is 24.3 Å². The van der Waals surface area contributed by atoms with Crippen LogP contribution in [0, 0.1) is 0 Å². The molecule has 5 heteroatoms. The maximum Gasteiger partial charge on any atom is 0.213 e. The van der Waals surface area contributed by atoms with Gasteiger partial charge in [-0.2, -0.15) is 0 Å². The first-order valence-corrected chi connectivity index (χ1v) is 8.22. The van der Waals surface area contributed by atoms with Gasteiger partial charge in [-0.25, -0.2) is 4.98 Å². The minimum Gasteiger partial charge on any atom is -0.481 e. The Morgan fingerprint density at radius 3 is 2.67 bits per heavy atom. The van der Waals surface area contributed by atoms with E-state index in [0.717, 1.165) is 24.5 Å². The molecule has 1 atom stereocenters. The minimum atomic E-state index is 0.328. The zero-order chi connectivity index (χ0) is 17.2. The summed E-state index contributed by atoms with van der Waals surface area (Å²) in [7, 11) is 3.40. The molecule has 0 radical (unpaired) electrons. The van der Waals surface area contributed by atoms with Crippen molar-refractivity contribution < 1.29 is 4.74 Å². The SMILES string of the molecule is CN=C(NCc1cccc(OC)n1)NC(C)CCc1ccccc1. The summed E-state index contributed by atoms with van der Waals surface area (Å²) in [5.74, 6) is 1.40. The molecule has 0 spiro atoms. The first-order valence-electron chi connectivity index (χ1n) is 8.22. The lowest BCUT2D eigenvalue weighted by Crippen LogP contribution is -2.42. The number of aliphatic imine (C=N–C) groups is 1. The van der Waals surface area contributed by atoms with Crippen LogP contribution in [0.25, 0.3) is 0 Å². The summed E-state index contributed by atoms with van der Waals surface area (Å²) < 4.78 is 5.14. The number of ether oxygens (including phenoxy) is 1. The maximum atomic E-state index is 5.14. The second kappa shape index (κ2) is 9.55. The van der Waals surface area contributed by atoms with E-state index in [0.29, 0.717) is 18.5 Å². The lowest BCUT2D eigenvalue weighted by Gasteiger charge is -2.18. The van der Waals surface area contributed by atoms with E-state index in [9.17, 15) is 0 Å². The molecule has 1 unspecified atom stereocenters. The molecule has 0 saturated carbocycles. The Bertz CT molecular complexity index is 643. The number of nitrogens with zero attached hydrogens (tertiary/aromatic N) is 2. The number of benzene rings is 1. The molecule has 2 rings (SSSR count). The molecule has 0 aliphatic carbocycles. The van der Waals surface area contributed by atoms with Crippen molar-refractivity contribution in [3.63, 3.8) is 0 Å². The standard InChI is InChI=1S/C19H26N4O/c1-15(12-13-16-8-5-4-6-9-16)22-19(20-2)21-14-17-10-7-11-18(23-17)24-3/h4-11,15H,12-14H2,1-3H3,(H2,20,21,22). The van der Waals surface area contributed by atoms with Crippen LogP contribution in [0.15, 0.2) is 53.5 Å². The quantitative estimate of drug-likeness (QED) is 0.607. The third kappa shape index (κ3) is 5.91. The predicted octanol–water partition coefficient (Wildman–Crippen LogP) is 2.78. The van der Waals surface area contributed by atoms with Gasteiger partial charge >= 0.3 is 0 Å². The van der Waals surface area contributed by atoms with Crippen molar-refractivity contribution in [2.75, 3.05) is 14.2 Å². The zero-order valence-corrected chi connectivity index (χ0v) is 14.6. The monoisotopic (exact) mass is 326 g/mol. The molecule has 5 nitrogen and oxygen atoms in total. The number of rotatable bonds is 7. The van der Waals surface area contributed by atoms with Crippen LogP contribution in [0.3, 0.4) is 0 Å². The molecular formula is C19H26N4O. The molecule has 2 aromatic rings. The Hall–Kier alpha value is -2.56. The summed E-state index contributed by atoms with van der Waals surface area (Å²) in [5.41, 5.74) is 2.27.